The van der Waals surface area contributed by atoms with E-state index in [1.54, 1.807) is 13.8 Å². The van der Waals surface area contributed by atoms with Gasteiger partial charge in [-0.2, -0.15) is 0 Å². The highest BCUT2D eigenvalue weighted by Crippen LogP contribution is 2.30. The van der Waals surface area contributed by atoms with Crippen molar-refractivity contribution in [3.05, 3.63) is 0 Å². The Balaban J connectivity index is -0.0000000689. The molecule has 0 saturated carbocycles. The average molecular weight is 1760 g/mol. The lowest BCUT2D eigenvalue weighted by molar-refractivity contribution is -0.294. The molecule has 0 spiro atoms. The maximum atomic E-state index is 13.2. The Morgan fingerprint density at radius 3 is 0.760 bits per heavy atom. The van der Waals surface area contributed by atoms with Crippen LogP contribution < -0.4 is 10.6 Å². The van der Waals surface area contributed by atoms with Crippen LogP contribution in [0.3, 0.4) is 0 Å². The quantitative estimate of drug-likeness (QED) is 0.0153. The van der Waals surface area contributed by atoms with Crippen LogP contribution in [0.25, 0.3) is 0 Å². The second kappa shape index (κ2) is 74.8. The number of thioether (sulfide) groups is 2. The molecule has 2 rings (SSSR count). The molecule has 20 heteroatoms. The zero-order chi connectivity index (χ0) is 87.9. The molecule has 2 aliphatic heterocycles. The fourth-order valence-electron chi connectivity index (χ4n) is 10.8. The first-order valence-electron chi connectivity index (χ1n) is 40.1. The summed E-state index contributed by atoms with van der Waals surface area (Å²) in [5.41, 5.74) is 0. The van der Waals surface area contributed by atoms with E-state index < -0.39 is 123 Å². The number of carbonyl (C=O) groups excluding carboxylic acids is 2. The van der Waals surface area contributed by atoms with E-state index in [-0.39, 0.29) is 97.9 Å². The number of carbonyl (C=O) groups is 2. The van der Waals surface area contributed by atoms with E-state index in [1.165, 1.54) is 101 Å². The monoisotopic (exact) mass is 1760 g/mol. The number of rotatable bonds is 44. The topological polar surface area (TPSA) is 297 Å². The van der Waals surface area contributed by atoms with Gasteiger partial charge in [0.25, 0.3) is 11.8 Å². The molecule has 2 amide bonds. The van der Waals surface area contributed by atoms with Gasteiger partial charge in [0.1, 0.15) is 48.8 Å². The van der Waals surface area contributed by atoms with Crippen molar-refractivity contribution in [2.24, 2.45) is 0 Å². The van der Waals surface area contributed by atoms with Gasteiger partial charge in [-0.25, -0.2) is 0 Å². The third-order valence-electron chi connectivity index (χ3n) is 17.1. The molecule has 18 nitrogen and oxygen atoms in total. The summed E-state index contributed by atoms with van der Waals surface area (Å²) in [7, 11) is 0. The minimum absolute atomic E-state index is 0. The summed E-state index contributed by atoms with van der Waals surface area (Å²) in [6, 6.07) is -2.68. The largest absolute Gasteiger partial charge is 0.390 e. The lowest BCUT2D eigenvalue weighted by Gasteiger charge is -2.41. The minimum atomic E-state index is -1.81. The fraction of sp³-hybridized carbons (Fsp3) is 0.505. The van der Waals surface area contributed by atoms with Crippen molar-refractivity contribution in [3.63, 3.8) is 0 Å². The van der Waals surface area contributed by atoms with Gasteiger partial charge in [0.2, 0.25) is 0 Å². The van der Waals surface area contributed by atoms with Crippen LogP contribution in [0, 0.1) is 284 Å². The van der Waals surface area contributed by atoms with Gasteiger partial charge in [-0.05, 0) is 216 Å². The zero-order valence-electron chi connectivity index (χ0n) is 68.9. The van der Waals surface area contributed by atoms with Crippen LogP contribution in [-0.4, -0.2) is 191 Å². The molecule has 121 heavy (non-hydrogen) atoms. The third kappa shape index (κ3) is 55.8. The summed E-state index contributed by atoms with van der Waals surface area (Å²) in [4.78, 5) is 26.4. The molecule has 0 aromatic rings. The number of ether oxygens (including phenoxy) is 4. The summed E-state index contributed by atoms with van der Waals surface area (Å²) in [5.74, 6) is 117. The first-order chi connectivity index (χ1) is 59.1. The molecule has 2 fully saturated rings. The van der Waals surface area contributed by atoms with Gasteiger partial charge in [-0.15, -0.1) is 23.5 Å². The number of unbranched alkanes of at least 4 members (excludes halogenated alkanes) is 22. The number of amides is 2. The third-order valence-corrected chi connectivity index (χ3v) is 19.6. The Hall–Kier alpha value is -11.5. The molecule has 12 N–H and O–H groups in total. The lowest BCUT2D eigenvalue weighted by atomic mass is 9.98. The van der Waals surface area contributed by atoms with Gasteiger partial charge < -0.3 is 80.6 Å². The predicted octanol–water partition coefficient (Wildman–Crippen LogP) is 16.6. The van der Waals surface area contributed by atoms with Crippen molar-refractivity contribution >= 4 is 35.3 Å². The van der Waals surface area contributed by atoms with Crippen molar-refractivity contribution in [2.45, 2.75) is 293 Å². The highest BCUT2D eigenvalue weighted by molar-refractivity contribution is 8.16. The molecule has 0 aliphatic carbocycles. The predicted molar refractivity (Wildman–Crippen MR) is 574 cm³/mol. The van der Waals surface area contributed by atoms with Gasteiger partial charge >= 0.3 is 0 Å². The number of nitrogens with one attached hydrogen (secondary N) is 2. The normalized spacial score (nSPS) is 17.9. The maximum absolute atomic E-state index is 13.2. The SMILES string of the molecule is CC#CC#CC#CC#CC#CC#CC#CC#CC#CC#CC#CC#CC(=O)N[C@@H](CO[C@H]1OC(CSCSCC2O[C@H](OC[C@H](NC(=O)C#CC#CC#CC#CC#CC#CC#CC#CC#CC#CC#CC#CC)[C@H](O)[C@H](O)CCCCCCCCCCCCCC)C(O)[C@@H](O)[C@H]2O)[C@H](O)[C@H](O)C1O)[C@H](O)[C@H](O)CCCCCCCCCCCCCC.[HH].[HH].[HH].[HH].[HH].[HH].[HH].[HH].[HH].[HH].[HH].[HH].[HH].[HH].[HH].[HH].[HH].[HH].[HH].[HH].[HH].[HH].[HH].[HH].[HH].[HH].[HH].[HH].[HH].[HH].[HH].[HH].[HH].[HH].[HH].[HH].[HH].[HH].[HH].[HH].[HH].[HH].[HH].[HH].[HH].[HH].[HH].[HH]. The van der Waals surface area contributed by atoms with E-state index in [1.807, 2.05) is 0 Å². The van der Waals surface area contributed by atoms with Crippen molar-refractivity contribution in [1.82, 2.24) is 10.6 Å². The van der Waals surface area contributed by atoms with Crippen LogP contribution in [0.2, 0.25) is 0 Å². The molecular weight excluding hydrogens is 1560 g/mol. The summed E-state index contributed by atoms with van der Waals surface area (Å²) >= 11 is 2.42. The van der Waals surface area contributed by atoms with Crippen LogP contribution in [0.5, 0.6) is 0 Å². The average Bonchev–Trinajstić information content (AvgIpc) is 0.816. The van der Waals surface area contributed by atoms with Gasteiger partial charge in [0.15, 0.2) is 12.6 Å². The van der Waals surface area contributed by atoms with Crippen LogP contribution in [-0.2, 0) is 28.5 Å². The summed E-state index contributed by atoms with van der Waals surface area (Å²) in [6.45, 7) is 6.59. The molecule has 720 valence electrons. The van der Waals surface area contributed by atoms with Crippen molar-refractivity contribution in [3.8, 4) is 284 Å². The Bertz CT molecular complexity index is 4810. The second-order valence-electron chi connectivity index (χ2n) is 26.4. The first-order valence-corrected chi connectivity index (χ1v) is 42.4. The molecule has 0 aromatic carbocycles. The standard InChI is InChI=1S/C101H102N2O16S2.48H2/c1-5-9-13-17-21-25-29-33-35-37-39-41-43-45-47-49-51-53-57-61-65-69-73-77-90(106)102-84(92(108)86(104)75-71-67-63-59-55-31-27-23-19-15-11-7-3)79-116-100-98(114)96(112)94(110)88(118-100)81-120-83-121-82-89-95(111)97(113)99(115)101(119-89)117-80-85(93(109)87(105)76-72-68-64-60-56-32-28-24-20-16-12-8-4)103-91(107)78-74-70-66-62-58-54-52-50-48-46-44-42-40-38-36-34-30-26-22-18-14-10-6-2;;;;;;;;;;;;;;;;;;;;;;;;;;;;;;;;;;;;;;;;;;;;;;;;/h84-89,92-101,104-105,108-115H,7-8,11-12,15-16,19-20,23-24,27-28,31-32,55-56,59-60,63-64,67-68,71-72,75-76,79-83H2,1-4H3,(H,102,106)(H,103,107);48*1H/t84-,85-,86+,87+,88?,89?,92-,93-,94-,95-,96-,97-,98?,99?,100-,101-;;;;;;;;;;;;;;;;;;;;;;;;;;;;;;;;;;;;;;;;;;;;;;;;/m0................................................/s1. The number of aliphatic hydroxyl groups excluding tert-OH is 10. The first kappa shape index (κ1) is 106. The molecule has 16 atom stereocenters. The number of hydrogen-bond acceptors (Lipinski definition) is 18. The van der Waals surface area contributed by atoms with E-state index in [9.17, 15) is 60.7 Å². The van der Waals surface area contributed by atoms with E-state index in [4.69, 9.17) is 18.9 Å². The van der Waals surface area contributed by atoms with Crippen molar-refractivity contribution < 1.29 is 148 Å². The van der Waals surface area contributed by atoms with E-state index >= 15 is 0 Å². The van der Waals surface area contributed by atoms with Crippen LogP contribution >= 0.6 is 23.5 Å². The smallest absolute Gasteiger partial charge is 0.297 e. The number of hydrogen-bond donors (Lipinski definition) is 12. The molecule has 2 saturated heterocycles. The Morgan fingerprint density at radius 1 is 0.314 bits per heavy atom. The fourth-order valence-corrected chi connectivity index (χ4v) is 13.1. The molecule has 0 bridgehead atoms. The number of aliphatic hydroxyl groups is 10. The highest BCUT2D eigenvalue weighted by Gasteiger charge is 2.46. The van der Waals surface area contributed by atoms with E-state index in [2.05, 4.69) is 309 Å². The van der Waals surface area contributed by atoms with Gasteiger partial charge in [0, 0.05) is 168 Å². The molecule has 0 radical (unpaired) electrons. The van der Waals surface area contributed by atoms with Crippen LogP contribution in [0.4, 0.5) is 0 Å². The van der Waals surface area contributed by atoms with Crippen LogP contribution in [0.15, 0.2) is 0 Å². The Labute approximate surface area is 799 Å². The Morgan fingerprint density at radius 2 is 0.529 bits per heavy atom. The Kier molecular flexibility index (Phi) is 65.3. The molecule has 0 aromatic heterocycles. The second-order valence-corrected chi connectivity index (χ2v) is 28.9. The molecular formula is C101H198N2O16S2. The van der Waals surface area contributed by atoms with Crippen molar-refractivity contribution in [1.29, 1.82) is 0 Å². The summed E-state index contributed by atoms with van der Waals surface area (Å²) in [5, 5.41) is 117. The van der Waals surface area contributed by atoms with Crippen molar-refractivity contribution in [2.75, 3.05) is 29.8 Å². The lowest BCUT2D eigenvalue weighted by Crippen LogP contribution is -2.60. The van der Waals surface area contributed by atoms with Crippen LogP contribution in [0.1, 0.15) is 263 Å². The van der Waals surface area contributed by atoms with Gasteiger partial charge in [-0.3, -0.25) is 9.59 Å². The highest BCUT2D eigenvalue weighted by atomic mass is 32.2. The van der Waals surface area contributed by atoms with E-state index in [0.29, 0.717) is 12.8 Å². The summed E-state index contributed by atoms with van der Waals surface area (Å²) in [6.07, 6.45) is 4.66. The van der Waals surface area contributed by atoms with Gasteiger partial charge in [-0.1, -0.05) is 180 Å². The maximum Gasteiger partial charge on any atom is 0.297 e. The minimum Gasteiger partial charge on any atom is -0.390 e. The van der Waals surface area contributed by atoms with Gasteiger partial charge in [0.05, 0.1) is 49.7 Å². The molecule has 2 heterocycles. The summed E-state index contributed by atoms with van der Waals surface area (Å²) < 4.78 is 23.8. The zero-order valence-corrected chi connectivity index (χ0v) is 70.5. The molecule has 4 unspecified atom stereocenters. The molecule has 2 aliphatic rings. The van der Waals surface area contributed by atoms with E-state index in [0.717, 1.165) is 64.2 Å².